The second-order valence-electron chi connectivity index (χ2n) is 8.50. The Morgan fingerprint density at radius 2 is 1.97 bits per heavy atom. The average Bonchev–Trinajstić information content (AvgIpc) is 3.27. The van der Waals surface area contributed by atoms with Crippen LogP contribution in [0.5, 0.6) is 0 Å². The van der Waals surface area contributed by atoms with Gasteiger partial charge < -0.3 is 25.6 Å². The lowest BCUT2D eigenvalue weighted by atomic mass is 9.83. The van der Waals surface area contributed by atoms with Gasteiger partial charge in [0.05, 0.1) is 6.54 Å². The van der Waals surface area contributed by atoms with Crippen LogP contribution in [0.2, 0.25) is 0 Å². The van der Waals surface area contributed by atoms with Crippen LogP contribution in [-0.2, 0) is 16.1 Å². The topological polar surface area (TPSA) is 95.1 Å². The predicted molar refractivity (Wildman–Crippen MR) is 121 cm³/mol. The van der Waals surface area contributed by atoms with Gasteiger partial charge in [-0.2, -0.15) is 0 Å². The van der Waals surface area contributed by atoms with E-state index in [9.17, 15) is 9.59 Å². The van der Waals surface area contributed by atoms with Gasteiger partial charge >= 0.3 is 0 Å². The molecule has 8 heteroatoms. The maximum Gasteiger partial charge on any atom is 0.254 e. The highest BCUT2D eigenvalue weighted by molar-refractivity contribution is 5.97. The van der Waals surface area contributed by atoms with E-state index in [0.29, 0.717) is 30.6 Å². The van der Waals surface area contributed by atoms with E-state index in [2.05, 4.69) is 20.9 Å². The van der Waals surface area contributed by atoms with Gasteiger partial charge in [0.2, 0.25) is 5.91 Å². The molecule has 170 valence electrons. The molecule has 0 spiro atoms. The van der Waals surface area contributed by atoms with Crippen LogP contribution in [-0.4, -0.2) is 69.6 Å². The van der Waals surface area contributed by atoms with Gasteiger partial charge in [-0.1, -0.05) is 25.0 Å². The van der Waals surface area contributed by atoms with Crippen molar-refractivity contribution in [2.24, 2.45) is 10.4 Å². The number of carbonyl (C=O) groups excluding carboxylic acids is 2. The Morgan fingerprint density at radius 3 is 2.61 bits per heavy atom. The third kappa shape index (κ3) is 6.43. The fourth-order valence-corrected chi connectivity index (χ4v) is 4.40. The van der Waals surface area contributed by atoms with Gasteiger partial charge in [0.1, 0.15) is 0 Å². The van der Waals surface area contributed by atoms with Crippen molar-refractivity contribution in [2.45, 2.75) is 38.6 Å². The van der Waals surface area contributed by atoms with Gasteiger partial charge in [0.25, 0.3) is 5.91 Å². The number of carbonyl (C=O) groups is 2. The minimum absolute atomic E-state index is 0.107. The maximum atomic E-state index is 12.6. The Morgan fingerprint density at radius 1 is 1.23 bits per heavy atom. The number of ether oxygens (including phenoxy) is 1. The molecule has 1 aliphatic carbocycles. The van der Waals surface area contributed by atoms with E-state index < -0.39 is 0 Å². The minimum Gasteiger partial charge on any atom is -0.385 e. The summed E-state index contributed by atoms with van der Waals surface area (Å²) in [5.41, 5.74) is 1.95. The highest BCUT2D eigenvalue weighted by Gasteiger charge is 2.33. The Balaban J connectivity index is 1.49. The first-order chi connectivity index (χ1) is 15.0. The van der Waals surface area contributed by atoms with Gasteiger partial charge in [-0.25, -0.2) is 0 Å². The van der Waals surface area contributed by atoms with E-state index in [1.54, 1.807) is 19.1 Å². The van der Waals surface area contributed by atoms with Gasteiger partial charge in [-0.3, -0.25) is 14.6 Å². The number of amides is 2. The number of hydrogen-bond acceptors (Lipinski definition) is 4. The van der Waals surface area contributed by atoms with Crippen LogP contribution in [0.3, 0.4) is 0 Å². The molecule has 0 atom stereocenters. The second-order valence-corrected chi connectivity index (χ2v) is 8.50. The summed E-state index contributed by atoms with van der Waals surface area (Å²) in [4.78, 5) is 30.0. The SMILES string of the molecule is CN=C(NCc1ccc(C(=O)N2CCNC(=O)C2)cc1)NCC1(CCOC)CCCC1. The zero-order chi connectivity index (χ0) is 22.1. The van der Waals surface area contributed by atoms with E-state index in [-0.39, 0.29) is 18.4 Å². The molecule has 0 aromatic heterocycles. The number of piperazine rings is 1. The third-order valence-corrected chi connectivity index (χ3v) is 6.34. The summed E-state index contributed by atoms with van der Waals surface area (Å²) in [6.07, 6.45) is 6.10. The van der Waals surface area contributed by atoms with Crippen molar-refractivity contribution in [2.75, 3.05) is 46.9 Å². The fraction of sp³-hybridized carbons (Fsp3) is 0.609. The molecule has 31 heavy (non-hydrogen) atoms. The zero-order valence-corrected chi connectivity index (χ0v) is 18.7. The first-order valence-corrected chi connectivity index (χ1v) is 11.1. The molecule has 1 aromatic carbocycles. The lowest BCUT2D eigenvalue weighted by Crippen LogP contribution is -2.49. The van der Waals surface area contributed by atoms with Crippen molar-refractivity contribution >= 4 is 17.8 Å². The Labute approximate surface area is 184 Å². The van der Waals surface area contributed by atoms with Crippen molar-refractivity contribution in [3.8, 4) is 0 Å². The van der Waals surface area contributed by atoms with E-state index in [0.717, 1.165) is 31.1 Å². The van der Waals surface area contributed by atoms with Gasteiger partial charge in [0.15, 0.2) is 5.96 Å². The monoisotopic (exact) mass is 429 g/mol. The normalized spacial score (nSPS) is 18.6. The van der Waals surface area contributed by atoms with Crippen LogP contribution >= 0.6 is 0 Å². The van der Waals surface area contributed by atoms with E-state index in [1.807, 2.05) is 24.3 Å². The largest absolute Gasteiger partial charge is 0.385 e. The third-order valence-electron chi connectivity index (χ3n) is 6.34. The van der Waals surface area contributed by atoms with Crippen LogP contribution in [0.25, 0.3) is 0 Å². The second kappa shape index (κ2) is 11.1. The molecule has 1 aromatic rings. The van der Waals surface area contributed by atoms with E-state index in [4.69, 9.17) is 4.74 Å². The number of aliphatic imine (C=N–C) groups is 1. The first-order valence-electron chi connectivity index (χ1n) is 11.1. The smallest absolute Gasteiger partial charge is 0.254 e. The van der Waals surface area contributed by atoms with Crippen molar-refractivity contribution in [3.63, 3.8) is 0 Å². The summed E-state index contributed by atoms with van der Waals surface area (Å²) in [5, 5.41) is 9.59. The molecule has 2 aliphatic rings. The molecular weight excluding hydrogens is 394 g/mol. The molecular formula is C23H35N5O3. The summed E-state index contributed by atoms with van der Waals surface area (Å²) in [6.45, 7) is 3.47. The lowest BCUT2D eigenvalue weighted by molar-refractivity contribution is -0.123. The van der Waals surface area contributed by atoms with Crippen molar-refractivity contribution in [3.05, 3.63) is 35.4 Å². The number of guanidine groups is 1. The molecule has 2 amide bonds. The fourth-order valence-electron chi connectivity index (χ4n) is 4.40. The molecule has 8 nitrogen and oxygen atoms in total. The molecule has 2 fully saturated rings. The molecule has 1 saturated carbocycles. The van der Waals surface area contributed by atoms with Crippen molar-refractivity contribution in [1.82, 2.24) is 20.9 Å². The Bertz CT molecular complexity index is 772. The number of nitrogens with zero attached hydrogens (tertiary/aromatic N) is 2. The van der Waals surface area contributed by atoms with Gasteiger partial charge in [-0.05, 0) is 42.4 Å². The van der Waals surface area contributed by atoms with E-state index in [1.165, 1.54) is 25.7 Å². The summed E-state index contributed by atoms with van der Waals surface area (Å²) < 4.78 is 5.32. The Hall–Kier alpha value is -2.61. The molecule has 1 heterocycles. The summed E-state index contributed by atoms with van der Waals surface area (Å²) >= 11 is 0. The Kier molecular flexibility index (Phi) is 8.28. The molecule has 1 aliphatic heterocycles. The quantitative estimate of drug-likeness (QED) is 0.430. The number of benzene rings is 1. The highest BCUT2D eigenvalue weighted by atomic mass is 16.5. The zero-order valence-electron chi connectivity index (χ0n) is 18.7. The maximum absolute atomic E-state index is 12.6. The molecule has 0 unspecified atom stereocenters. The van der Waals surface area contributed by atoms with Crippen LogP contribution in [0.15, 0.2) is 29.3 Å². The lowest BCUT2D eigenvalue weighted by Gasteiger charge is -2.30. The standard InChI is InChI=1S/C23H35N5O3/c1-24-22(27-17-23(11-14-31-2)9-3-4-10-23)26-15-18-5-7-19(8-6-18)21(30)28-13-12-25-20(29)16-28/h5-8H,3-4,9-17H2,1-2H3,(H,25,29)(H2,24,26,27). The number of methoxy groups -OCH3 is 1. The van der Waals surface area contributed by atoms with Gasteiger partial charge in [-0.15, -0.1) is 0 Å². The molecule has 3 rings (SSSR count). The average molecular weight is 430 g/mol. The number of rotatable bonds is 8. The molecule has 0 radical (unpaired) electrons. The first kappa shape index (κ1) is 23.1. The predicted octanol–water partition coefficient (Wildman–Crippen LogP) is 1.52. The summed E-state index contributed by atoms with van der Waals surface area (Å²) in [6, 6.07) is 7.52. The van der Waals surface area contributed by atoms with Crippen molar-refractivity contribution < 1.29 is 14.3 Å². The molecule has 1 saturated heterocycles. The van der Waals surface area contributed by atoms with Crippen molar-refractivity contribution in [1.29, 1.82) is 0 Å². The molecule has 0 bridgehead atoms. The molecule has 3 N–H and O–H groups in total. The van der Waals surface area contributed by atoms with Crippen LogP contribution < -0.4 is 16.0 Å². The summed E-state index contributed by atoms with van der Waals surface area (Å²) in [7, 11) is 3.54. The van der Waals surface area contributed by atoms with Gasteiger partial charge in [0, 0.05) is 52.5 Å². The van der Waals surface area contributed by atoms with E-state index >= 15 is 0 Å². The van der Waals surface area contributed by atoms with Crippen LogP contribution in [0.4, 0.5) is 0 Å². The van der Waals surface area contributed by atoms with Crippen LogP contribution in [0.1, 0.15) is 48.0 Å². The number of hydrogen-bond donors (Lipinski definition) is 3. The van der Waals surface area contributed by atoms with Crippen LogP contribution in [0, 0.1) is 5.41 Å². The highest BCUT2D eigenvalue weighted by Crippen LogP contribution is 2.40. The number of nitrogens with one attached hydrogen (secondary N) is 3. The summed E-state index contributed by atoms with van der Waals surface area (Å²) in [5.74, 6) is 0.564. The minimum atomic E-state index is -0.110.